The molecule has 0 saturated carbocycles. The summed E-state index contributed by atoms with van der Waals surface area (Å²) in [6.45, 7) is 4.05. The fourth-order valence-electron chi connectivity index (χ4n) is 4.18. The van der Waals surface area contributed by atoms with E-state index in [4.69, 9.17) is 9.47 Å². The van der Waals surface area contributed by atoms with E-state index in [2.05, 4.69) is 0 Å². The van der Waals surface area contributed by atoms with Crippen LogP contribution in [0.3, 0.4) is 0 Å². The van der Waals surface area contributed by atoms with Gasteiger partial charge in [0.25, 0.3) is 5.56 Å². The molecular formula is C27H27N3O5. The fourth-order valence-corrected chi connectivity index (χ4v) is 4.18. The van der Waals surface area contributed by atoms with E-state index >= 15 is 0 Å². The van der Waals surface area contributed by atoms with E-state index in [0.717, 1.165) is 15.8 Å². The van der Waals surface area contributed by atoms with Gasteiger partial charge in [0, 0.05) is 18.3 Å². The van der Waals surface area contributed by atoms with Gasteiger partial charge in [0.2, 0.25) is 5.91 Å². The van der Waals surface area contributed by atoms with Crippen molar-refractivity contribution >= 4 is 22.5 Å². The fraction of sp³-hybridized carbons (Fsp3) is 0.222. The third-order valence-electron chi connectivity index (χ3n) is 5.90. The number of aryl methyl sites for hydroxylation is 1. The van der Waals surface area contributed by atoms with Crippen LogP contribution in [0.4, 0.5) is 5.69 Å². The first-order valence-corrected chi connectivity index (χ1v) is 11.2. The number of fused-ring (bicyclic) bond motifs is 1. The predicted octanol–water partition coefficient (Wildman–Crippen LogP) is 3.53. The highest BCUT2D eigenvalue weighted by Gasteiger charge is 2.20. The van der Waals surface area contributed by atoms with E-state index in [1.54, 1.807) is 47.4 Å². The highest BCUT2D eigenvalue weighted by atomic mass is 16.5. The highest BCUT2D eigenvalue weighted by molar-refractivity contribution is 5.94. The van der Waals surface area contributed by atoms with Crippen molar-refractivity contribution in [2.75, 3.05) is 25.7 Å². The van der Waals surface area contributed by atoms with Gasteiger partial charge in [0.15, 0.2) is 11.5 Å². The molecule has 1 amide bonds. The van der Waals surface area contributed by atoms with Crippen molar-refractivity contribution in [1.82, 2.24) is 9.13 Å². The monoisotopic (exact) mass is 473 g/mol. The lowest BCUT2D eigenvalue weighted by atomic mass is 10.2. The molecule has 0 unspecified atom stereocenters. The Morgan fingerprint density at radius 3 is 2.34 bits per heavy atom. The molecule has 0 N–H and O–H groups in total. The van der Waals surface area contributed by atoms with Gasteiger partial charge in [-0.15, -0.1) is 0 Å². The number of anilines is 1. The second-order valence-electron chi connectivity index (χ2n) is 8.04. The minimum absolute atomic E-state index is 0.227. The van der Waals surface area contributed by atoms with Gasteiger partial charge in [0.05, 0.1) is 30.8 Å². The summed E-state index contributed by atoms with van der Waals surface area (Å²) in [6.07, 6.45) is 0. The molecule has 0 spiro atoms. The third kappa shape index (κ3) is 4.42. The van der Waals surface area contributed by atoms with Gasteiger partial charge in [-0.25, -0.2) is 9.36 Å². The zero-order valence-electron chi connectivity index (χ0n) is 20.1. The lowest BCUT2D eigenvalue weighted by molar-refractivity contribution is -0.119. The molecule has 0 fully saturated rings. The van der Waals surface area contributed by atoms with Crippen LogP contribution in [0.2, 0.25) is 0 Å². The summed E-state index contributed by atoms with van der Waals surface area (Å²) < 4.78 is 13.0. The first-order chi connectivity index (χ1) is 16.9. The number of benzene rings is 3. The Labute approximate surface area is 202 Å². The van der Waals surface area contributed by atoms with Gasteiger partial charge < -0.3 is 14.4 Å². The Morgan fingerprint density at radius 1 is 0.914 bits per heavy atom. The van der Waals surface area contributed by atoms with Crippen LogP contribution in [-0.2, 0) is 11.3 Å². The molecule has 8 heteroatoms. The molecule has 0 saturated heterocycles. The quantitative estimate of drug-likeness (QED) is 0.410. The zero-order valence-corrected chi connectivity index (χ0v) is 20.1. The standard InChI is InChI=1S/C27H27N3O5/c1-5-28(19-10-8-9-18(2)15-19)25(31)17-29-22-12-7-6-11-21(22)26(32)30(27(29)33)20-13-14-23(34-3)24(16-20)35-4/h6-16H,5,17H2,1-4H3. The van der Waals surface area contributed by atoms with E-state index in [1.807, 2.05) is 38.1 Å². The van der Waals surface area contributed by atoms with Gasteiger partial charge in [0.1, 0.15) is 6.54 Å². The molecule has 4 aromatic rings. The van der Waals surface area contributed by atoms with Crippen LogP contribution in [0.1, 0.15) is 12.5 Å². The average molecular weight is 474 g/mol. The summed E-state index contributed by atoms with van der Waals surface area (Å²) in [5.74, 6) is 0.587. The lowest BCUT2D eigenvalue weighted by Crippen LogP contribution is -2.43. The molecule has 4 rings (SSSR count). The molecule has 0 aliphatic heterocycles. The van der Waals surface area contributed by atoms with Crippen molar-refractivity contribution in [3.8, 4) is 17.2 Å². The maximum absolute atomic E-state index is 13.7. The van der Waals surface area contributed by atoms with Gasteiger partial charge in [-0.3, -0.25) is 14.2 Å². The normalized spacial score (nSPS) is 10.9. The number of carbonyl (C=O) groups is 1. The third-order valence-corrected chi connectivity index (χ3v) is 5.90. The molecule has 0 bridgehead atoms. The summed E-state index contributed by atoms with van der Waals surface area (Å²) in [5, 5.41) is 0.327. The summed E-state index contributed by atoms with van der Waals surface area (Å²) >= 11 is 0. The molecule has 0 atom stereocenters. The number of aromatic nitrogens is 2. The number of para-hydroxylation sites is 1. The van der Waals surface area contributed by atoms with E-state index in [9.17, 15) is 14.4 Å². The summed E-state index contributed by atoms with van der Waals surface area (Å²) in [7, 11) is 2.98. The topological polar surface area (TPSA) is 82.8 Å². The minimum atomic E-state index is -0.616. The number of carbonyl (C=O) groups excluding carboxylic acids is 1. The molecule has 1 aromatic heterocycles. The maximum atomic E-state index is 13.7. The second-order valence-corrected chi connectivity index (χ2v) is 8.04. The van der Waals surface area contributed by atoms with Crippen molar-refractivity contribution in [2.24, 2.45) is 0 Å². The van der Waals surface area contributed by atoms with Gasteiger partial charge in [-0.2, -0.15) is 0 Å². The van der Waals surface area contributed by atoms with Crippen LogP contribution >= 0.6 is 0 Å². The summed E-state index contributed by atoms with van der Waals surface area (Å²) in [4.78, 5) is 42.1. The van der Waals surface area contributed by atoms with E-state index in [1.165, 1.54) is 18.8 Å². The van der Waals surface area contributed by atoms with Gasteiger partial charge in [-0.1, -0.05) is 24.3 Å². The lowest BCUT2D eigenvalue weighted by Gasteiger charge is -2.23. The van der Waals surface area contributed by atoms with Crippen molar-refractivity contribution in [1.29, 1.82) is 0 Å². The van der Waals surface area contributed by atoms with Crippen LogP contribution in [0, 0.1) is 6.92 Å². The number of likely N-dealkylation sites (N-methyl/N-ethyl adjacent to an activating group) is 1. The Kier molecular flexibility index (Phi) is 6.73. The molecular weight excluding hydrogens is 446 g/mol. The van der Waals surface area contributed by atoms with Crippen LogP contribution in [0.15, 0.2) is 76.3 Å². The largest absolute Gasteiger partial charge is 0.493 e. The van der Waals surface area contributed by atoms with Crippen LogP contribution in [-0.4, -0.2) is 35.8 Å². The Bertz CT molecular complexity index is 1520. The molecule has 3 aromatic carbocycles. The number of methoxy groups -OCH3 is 2. The molecule has 0 aliphatic rings. The van der Waals surface area contributed by atoms with Crippen molar-refractivity contribution < 1.29 is 14.3 Å². The van der Waals surface area contributed by atoms with Crippen molar-refractivity contribution in [2.45, 2.75) is 20.4 Å². The minimum Gasteiger partial charge on any atom is -0.493 e. The predicted molar refractivity (Wildman–Crippen MR) is 136 cm³/mol. The number of ether oxygens (including phenoxy) is 2. The van der Waals surface area contributed by atoms with Crippen LogP contribution in [0.25, 0.3) is 16.6 Å². The number of rotatable bonds is 7. The Balaban J connectivity index is 1.88. The molecule has 0 aliphatic carbocycles. The highest BCUT2D eigenvalue weighted by Crippen LogP contribution is 2.28. The number of nitrogens with zero attached hydrogens (tertiary/aromatic N) is 3. The molecule has 180 valence electrons. The molecule has 35 heavy (non-hydrogen) atoms. The Hall–Kier alpha value is -4.33. The maximum Gasteiger partial charge on any atom is 0.336 e. The summed E-state index contributed by atoms with van der Waals surface area (Å²) in [6, 6.07) is 19.2. The zero-order chi connectivity index (χ0) is 25.1. The Morgan fingerprint density at radius 2 is 1.66 bits per heavy atom. The molecule has 8 nitrogen and oxygen atoms in total. The molecule has 0 radical (unpaired) electrons. The van der Waals surface area contributed by atoms with E-state index in [0.29, 0.717) is 34.6 Å². The SMILES string of the molecule is CCN(C(=O)Cn1c(=O)n(-c2ccc(OC)c(OC)c2)c(=O)c2ccccc21)c1cccc(C)c1. The summed E-state index contributed by atoms with van der Waals surface area (Å²) in [5.41, 5.74) is 1.40. The van der Waals surface area contributed by atoms with Gasteiger partial charge in [-0.05, 0) is 55.8 Å². The second kappa shape index (κ2) is 9.89. The smallest absolute Gasteiger partial charge is 0.336 e. The number of amides is 1. The van der Waals surface area contributed by atoms with Gasteiger partial charge >= 0.3 is 5.69 Å². The average Bonchev–Trinajstić information content (AvgIpc) is 2.87. The number of hydrogen-bond acceptors (Lipinski definition) is 5. The van der Waals surface area contributed by atoms with Crippen LogP contribution < -0.4 is 25.6 Å². The molecule has 1 heterocycles. The van der Waals surface area contributed by atoms with E-state index in [-0.39, 0.29) is 12.5 Å². The number of hydrogen-bond donors (Lipinski definition) is 0. The van der Waals surface area contributed by atoms with Crippen molar-refractivity contribution in [3.05, 3.63) is 93.1 Å². The van der Waals surface area contributed by atoms with Crippen molar-refractivity contribution in [3.63, 3.8) is 0 Å². The van der Waals surface area contributed by atoms with Crippen LogP contribution in [0.5, 0.6) is 11.5 Å². The first-order valence-electron chi connectivity index (χ1n) is 11.2. The first kappa shape index (κ1) is 23.8. The van der Waals surface area contributed by atoms with E-state index < -0.39 is 11.2 Å².